The lowest BCUT2D eigenvalue weighted by Crippen LogP contribution is -2.13. The molecule has 2 heterocycles. The van der Waals surface area contributed by atoms with Crippen molar-refractivity contribution in [2.75, 3.05) is 16.9 Å². The van der Waals surface area contributed by atoms with Gasteiger partial charge in [-0.1, -0.05) is 24.3 Å². The van der Waals surface area contributed by atoms with Gasteiger partial charge in [0, 0.05) is 18.5 Å². The fourth-order valence-electron chi connectivity index (χ4n) is 2.32. The van der Waals surface area contributed by atoms with E-state index in [1.54, 1.807) is 12.3 Å². The van der Waals surface area contributed by atoms with E-state index in [1.165, 1.54) is 0 Å². The van der Waals surface area contributed by atoms with Crippen LogP contribution in [0.2, 0.25) is 0 Å². The van der Waals surface area contributed by atoms with Crippen LogP contribution >= 0.6 is 0 Å². The lowest BCUT2D eigenvalue weighted by molar-refractivity contribution is 0.308. The molecule has 0 unspecified atom stereocenters. The standard InChI is InChI=1S/C17H18N6O/c18-15-8-14(16(19)17(22-15)23-20)24-10-11-3-1-4-12(7-11)13-5-2-6-21-9-13/h1-9H,10,19-20H2,(H3,18,22,23). The Kier molecular flexibility index (Phi) is 4.44. The van der Waals surface area contributed by atoms with Gasteiger partial charge in [0.2, 0.25) is 0 Å². The summed E-state index contributed by atoms with van der Waals surface area (Å²) in [4.78, 5) is 8.13. The zero-order valence-electron chi connectivity index (χ0n) is 12.9. The van der Waals surface area contributed by atoms with Gasteiger partial charge in [0.15, 0.2) is 5.82 Å². The summed E-state index contributed by atoms with van der Waals surface area (Å²) in [6.45, 7) is 0.339. The first-order valence-electron chi connectivity index (χ1n) is 7.32. The summed E-state index contributed by atoms with van der Waals surface area (Å²) in [6, 6.07) is 13.5. The maximum atomic E-state index is 5.95. The van der Waals surface area contributed by atoms with E-state index in [0.717, 1.165) is 16.7 Å². The van der Waals surface area contributed by atoms with E-state index < -0.39 is 0 Å². The van der Waals surface area contributed by atoms with Crippen LogP contribution in [0, 0.1) is 0 Å². The predicted octanol–water partition coefficient (Wildman–Crippen LogP) is 2.17. The van der Waals surface area contributed by atoms with Gasteiger partial charge in [-0.25, -0.2) is 10.8 Å². The summed E-state index contributed by atoms with van der Waals surface area (Å²) in [5.74, 6) is 6.36. The number of ether oxygens (including phenoxy) is 1. The van der Waals surface area contributed by atoms with Crippen LogP contribution in [0.1, 0.15) is 5.56 Å². The number of benzene rings is 1. The molecule has 0 aliphatic heterocycles. The third-order valence-corrected chi connectivity index (χ3v) is 3.49. The SMILES string of the molecule is NNc1nc(N)cc(OCc2cccc(-c3cccnc3)c2)c1N. The predicted molar refractivity (Wildman–Crippen MR) is 94.9 cm³/mol. The zero-order valence-corrected chi connectivity index (χ0v) is 12.9. The van der Waals surface area contributed by atoms with E-state index in [0.29, 0.717) is 18.0 Å². The van der Waals surface area contributed by atoms with Crippen LogP contribution in [0.4, 0.5) is 17.3 Å². The van der Waals surface area contributed by atoms with Crippen LogP contribution in [0.3, 0.4) is 0 Å². The van der Waals surface area contributed by atoms with Crippen LogP contribution in [0.15, 0.2) is 54.9 Å². The number of anilines is 3. The fourth-order valence-corrected chi connectivity index (χ4v) is 2.32. The Morgan fingerprint density at radius 2 is 1.88 bits per heavy atom. The minimum Gasteiger partial charge on any atom is -0.486 e. The maximum Gasteiger partial charge on any atom is 0.169 e. The molecule has 0 radical (unpaired) electrons. The second-order valence-electron chi connectivity index (χ2n) is 5.18. The van der Waals surface area contributed by atoms with Crippen molar-refractivity contribution in [3.8, 4) is 16.9 Å². The number of pyridine rings is 2. The molecule has 2 aromatic heterocycles. The van der Waals surface area contributed by atoms with Crippen LogP contribution in [0.5, 0.6) is 5.75 Å². The van der Waals surface area contributed by atoms with Gasteiger partial charge in [0.25, 0.3) is 0 Å². The lowest BCUT2D eigenvalue weighted by atomic mass is 10.1. The summed E-state index contributed by atoms with van der Waals surface area (Å²) >= 11 is 0. The first-order chi connectivity index (χ1) is 11.7. The average Bonchev–Trinajstić information content (AvgIpc) is 2.63. The molecular formula is C17H18N6O. The van der Waals surface area contributed by atoms with E-state index in [9.17, 15) is 0 Å². The third kappa shape index (κ3) is 3.36. The number of hydrogen-bond donors (Lipinski definition) is 4. The molecule has 0 spiro atoms. The number of nitrogens with zero attached hydrogens (tertiary/aromatic N) is 2. The molecule has 0 fully saturated rings. The van der Waals surface area contributed by atoms with Gasteiger partial charge in [-0.2, -0.15) is 0 Å². The van der Waals surface area contributed by atoms with E-state index in [4.69, 9.17) is 22.0 Å². The monoisotopic (exact) mass is 322 g/mol. The van der Waals surface area contributed by atoms with Crippen molar-refractivity contribution >= 4 is 17.3 Å². The Balaban J connectivity index is 1.80. The molecule has 7 N–H and O–H groups in total. The smallest absolute Gasteiger partial charge is 0.169 e. The van der Waals surface area contributed by atoms with Gasteiger partial charge in [0.05, 0.1) is 0 Å². The van der Waals surface area contributed by atoms with Gasteiger partial charge in [-0.15, -0.1) is 0 Å². The lowest BCUT2D eigenvalue weighted by Gasteiger charge is -2.13. The molecule has 0 aliphatic rings. The molecule has 1 aromatic carbocycles. The summed E-state index contributed by atoms with van der Waals surface area (Å²) in [5, 5.41) is 0. The number of nitrogen functional groups attached to an aromatic ring is 3. The molecule has 24 heavy (non-hydrogen) atoms. The Labute approximate surface area is 139 Å². The van der Waals surface area contributed by atoms with E-state index in [1.807, 2.05) is 42.6 Å². The van der Waals surface area contributed by atoms with Gasteiger partial charge in [-0.3, -0.25) is 4.98 Å². The Bertz CT molecular complexity index is 838. The number of nitrogens with one attached hydrogen (secondary N) is 1. The van der Waals surface area contributed by atoms with Crippen molar-refractivity contribution in [2.24, 2.45) is 5.84 Å². The third-order valence-electron chi connectivity index (χ3n) is 3.49. The Morgan fingerprint density at radius 1 is 1.04 bits per heavy atom. The van der Waals surface area contributed by atoms with E-state index in [-0.39, 0.29) is 11.6 Å². The van der Waals surface area contributed by atoms with E-state index in [2.05, 4.69) is 15.4 Å². The van der Waals surface area contributed by atoms with Crippen molar-refractivity contribution < 1.29 is 4.74 Å². The van der Waals surface area contributed by atoms with Gasteiger partial charge in [-0.05, 0) is 28.8 Å². The van der Waals surface area contributed by atoms with Crippen LogP contribution in [0.25, 0.3) is 11.1 Å². The molecule has 0 atom stereocenters. The first-order valence-corrected chi connectivity index (χ1v) is 7.32. The highest BCUT2D eigenvalue weighted by molar-refractivity contribution is 5.71. The molecular weight excluding hydrogens is 304 g/mol. The maximum absolute atomic E-state index is 5.95. The van der Waals surface area contributed by atoms with Gasteiger partial charge >= 0.3 is 0 Å². The number of nitrogens with two attached hydrogens (primary N) is 3. The Hall–Kier alpha value is -3.32. The molecule has 0 saturated heterocycles. The topological polar surface area (TPSA) is 125 Å². The molecule has 3 rings (SSSR count). The molecule has 3 aromatic rings. The van der Waals surface area contributed by atoms with Crippen LogP contribution < -0.4 is 27.5 Å². The summed E-state index contributed by atoms with van der Waals surface area (Å²) in [5.41, 5.74) is 17.5. The van der Waals surface area contributed by atoms with Crippen molar-refractivity contribution in [1.29, 1.82) is 0 Å². The van der Waals surface area contributed by atoms with Crippen LogP contribution in [-0.4, -0.2) is 9.97 Å². The van der Waals surface area contributed by atoms with Gasteiger partial charge in [0.1, 0.15) is 23.9 Å². The quantitative estimate of drug-likeness (QED) is 0.419. The molecule has 0 amide bonds. The van der Waals surface area contributed by atoms with Crippen molar-refractivity contribution in [3.63, 3.8) is 0 Å². The summed E-state index contributed by atoms with van der Waals surface area (Å²) in [6.07, 6.45) is 3.57. The first kappa shape index (κ1) is 15.6. The highest BCUT2D eigenvalue weighted by Crippen LogP contribution is 2.30. The minimum absolute atomic E-state index is 0.274. The molecule has 0 saturated carbocycles. The molecule has 7 heteroatoms. The largest absolute Gasteiger partial charge is 0.486 e. The van der Waals surface area contributed by atoms with Crippen molar-refractivity contribution in [1.82, 2.24) is 9.97 Å². The molecule has 0 bridgehead atoms. The molecule has 122 valence electrons. The second kappa shape index (κ2) is 6.84. The number of hydrazine groups is 1. The number of rotatable bonds is 5. The summed E-state index contributed by atoms with van der Waals surface area (Å²) in [7, 11) is 0. The zero-order chi connectivity index (χ0) is 16.9. The Morgan fingerprint density at radius 3 is 2.62 bits per heavy atom. The van der Waals surface area contributed by atoms with Crippen LogP contribution in [-0.2, 0) is 6.61 Å². The highest BCUT2D eigenvalue weighted by atomic mass is 16.5. The van der Waals surface area contributed by atoms with E-state index >= 15 is 0 Å². The number of aromatic nitrogens is 2. The minimum atomic E-state index is 0.274. The van der Waals surface area contributed by atoms with Crippen molar-refractivity contribution in [2.45, 2.75) is 6.61 Å². The second-order valence-corrected chi connectivity index (χ2v) is 5.18. The summed E-state index contributed by atoms with van der Waals surface area (Å²) < 4.78 is 5.78. The van der Waals surface area contributed by atoms with Crippen molar-refractivity contribution in [3.05, 3.63) is 60.4 Å². The fraction of sp³-hybridized carbons (Fsp3) is 0.0588. The van der Waals surface area contributed by atoms with Gasteiger partial charge < -0.3 is 21.6 Å². The molecule has 0 aliphatic carbocycles. The number of hydrogen-bond acceptors (Lipinski definition) is 7. The molecule has 7 nitrogen and oxygen atoms in total. The normalized spacial score (nSPS) is 10.4. The highest BCUT2D eigenvalue weighted by Gasteiger charge is 2.09. The average molecular weight is 322 g/mol.